The smallest absolute Gasteiger partial charge is 0.307 e. The van der Waals surface area contributed by atoms with Crippen molar-refractivity contribution in [3.8, 4) is 11.4 Å². The first-order chi connectivity index (χ1) is 25.1. The Morgan fingerprint density at radius 1 is 1.07 bits per heavy atom. The Morgan fingerprint density at radius 2 is 1.76 bits per heavy atom. The molecule has 4 fully saturated rings. The molecule has 4 N–H and O–H groups in total. The number of ether oxygens (including phenoxy) is 2. The predicted octanol–water partition coefficient (Wildman–Crippen LogP) is 7.75. The highest BCUT2D eigenvalue weighted by Crippen LogP contribution is 2.75. The van der Waals surface area contributed by atoms with Crippen LogP contribution >= 0.6 is 0 Å². The first-order valence-electron chi connectivity index (χ1n) is 20.6. The normalized spacial score (nSPS) is 40.8. The van der Waals surface area contributed by atoms with Crippen molar-refractivity contribution in [1.82, 2.24) is 14.8 Å². The molecule has 5 aliphatic rings. The molecule has 298 valence electrons. The Labute approximate surface area is 323 Å². The molecule has 12 atom stereocenters. The molecule has 54 heavy (non-hydrogen) atoms. The lowest BCUT2D eigenvalue weighted by atomic mass is 9.34. The summed E-state index contributed by atoms with van der Waals surface area (Å²) in [6.45, 7) is 26.4. The van der Waals surface area contributed by atoms with Crippen LogP contribution < -0.4 is 10.5 Å². The van der Waals surface area contributed by atoms with E-state index < -0.39 is 17.4 Å². The number of fused-ring (bicyclic) bond motifs is 3. The van der Waals surface area contributed by atoms with Gasteiger partial charge >= 0.3 is 5.97 Å². The van der Waals surface area contributed by atoms with Gasteiger partial charge in [0.1, 0.15) is 6.33 Å². The minimum Gasteiger partial charge on any atom is -0.481 e. The van der Waals surface area contributed by atoms with Gasteiger partial charge in [-0.05, 0) is 90.8 Å². The number of rotatable bonds is 8. The van der Waals surface area contributed by atoms with Crippen LogP contribution in [0.25, 0.3) is 11.4 Å². The highest BCUT2D eigenvalue weighted by atomic mass is 16.5. The monoisotopic (exact) mass is 747 g/mol. The molecule has 0 spiro atoms. The molecule has 7 rings (SSSR count). The van der Waals surface area contributed by atoms with Crippen LogP contribution in [-0.4, -0.2) is 62.5 Å². The molecule has 3 saturated carbocycles. The van der Waals surface area contributed by atoms with E-state index in [9.17, 15) is 15.1 Å². The summed E-state index contributed by atoms with van der Waals surface area (Å²) < 4.78 is 17.1. The Balaban J connectivity index is 1.35. The fourth-order valence-electron chi connectivity index (χ4n) is 12.9. The Kier molecular flexibility index (Phi) is 9.38. The second-order valence-corrected chi connectivity index (χ2v) is 21.0. The summed E-state index contributed by atoms with van der Waals surface area (Å²) >= 11 is 0. The standard InChI is InChI=1S/C44H67N5O5/c1-27(2)28(3)39(7)18-19-41(9)30-12-13-33-40(8)23-53-25-44(33,31(30)14-17-42(41,10)34(39)37(50)51)22-32(35(40)54-24-43(11,45)38(4,5)6)49-36(46-26-47-49)29-15-20-48(52)21-16-29/h14-16,20-21,26-28,30,32-35H,12-13,17-19,22-25,45H2,1-11H3,(H-,46,47,50,51,52)/p+1/t28-,30+,32-,33+,34-,35+,39-,40+,41-,42+,43+,44+/m1/s1. The molecule has 0 aromatic carbocycles. The zero-order valence-corrected chi connectivity index (χ0v) is 34.9. The summed E-state index contributed by atoms with van der Waals surface area (Å²) in [7, 11) is 0. The summed E-state index contributed by atoms with van der Waals surface area (Å²) in [5, 5.41) is 26.1. The van der Waals surface area contributed by atoms with Gasteiger partial charge in [-0.15, -0.1) is 0 Å². The van der Waals surface area contributed by atoms with Crippen molar-refractivity contribution < 1.29 is 29.3 Å². The van der Waals surface area contributed by atoms with Crippen LogP contribution in [0.4, 0.5) is 0 Å². The third kappa shape index (κ3) is 5.49. The Bertz CT molecular complexity index is 1780. The molecule has 10 heteroatoms. The number of aliphatic carboxylic acids is 1. The van der Waals surface area contributed by atoms with Gasteiger partial charge < -0.3 is 20.3 Å². The van der Waals surface area contributed by atoms with Gasteiger partial charge in [0.25, 0.3) is 0 Å². The Morgan fingerprint density at radius 3 is 2.39 bits per heavy atom. The van der Waals surface area contributed by atoms with Crippen LogP contribution in [0.15, 0.2) is 42.5 Å². The van der Waals surface area contributed by atoms with Gasteiger partial charge in [-0.25, -0.2) is 9.67 Å². The first kappa shape index (κ1) is 39.4. The number of allylic oxidation sites excluding steroid dienone is 1. The molecule has 2 aromatic heterocycles. The van der Waals surface area contributed by atoms with Crippen LogP contribution in [0.2, 0.25) is 0 Å². The zero-order valence-electron chi connectivity index (χ0n) is 34.9. The van der Waals surface area contributed by atoms with Gasteiger partial charge in [0.15, 0.2) is 5.82 Å². The number of nitrogens with zero attached hydrogens (tertiary/aromatic N) is 4. The number of hydrogen-bond acceptors (Lipinski definition) is 7. The second kappa shape index (κ2) is 12.9. The Hall–Kier alpha value is -2.82. The summed E-state index contributed by atoms with van der Waals surface area (Å²) in [5.41, 5.74) is 7.12. The molecule has 0 radical (unpaired) electrons. The summed E-state index contributed by atoms with van der Waals surface area (Å²) in [6.07, 6.45) is 12.6. The molecule has 0 amide bonds. The quantitative estimate of drug-likeness (QED) is 0.142. The fourth-order valence-corrected chi connectivity index (χ4v) is 12.9. The van der Waals surface area contributed by atoms with Gasteiger partial charge in [-0.1, -0.05) is 80.9 Å². The van der Waals surface area contributed by atoms with Crippen molar-refractivity contribution in [2.24, 2.45) is 67.8 Å². The van der Waals surface area contributed by atoms with E-state index in [0.717, 1.165) is 54.6 Å². The van der Waals surface area contributed by atoms with Crippen molar-refractivity contribution in [2.45, 2.75) is 132 Å². The van der Waals surface area contributed by atoms with E-state index in [1.165, 1.54) is 5.57 Å². The topological polar surface area (TPSA) is 137 Å². The summed E-state index contributed by atoms with van der Waals surface area (Å²) in [4.78, 5) is 18.4. The van der Waals surface area contributed by atoms with Crippen molar-refractivity contribution >= 4 is 5.97 Å². The minimum absolute atomic E-state index is 0.168. The van der Waals surface area contributed by atoms with E-state index in [1.54, 1.807) is 18.7 Å². The van der Waals surface area contributed by atoms with E-state index in [4.69, 9.17) is 25.3 Å². The number of carboxylic acids is 1. The molecule has 2 bridgehead atoms. The minimum atomic E-state index is -0.637. The first-order valence-corrected chi connectivity index (χ1v) is 20.6. The molecule has 0 unspecified atom stereocenters. The average Bonchev–Trinajstić information content (AvgIpc) is 3.57. The van der Waals surface area contributed by atoms with Gasteiger partial charge in [0.2, 0.25) is 12.4 Å². The van der Waals surface area contributed by atoms with E-state index in [-0.39, 0.29) is 50.6 Å². The molecule has 1 aliphatic heterocycles. The number of carboxylic acid groups (broad SMARTS) is 1. The highest BCUT2D eigenvalue weighted by Gasteiger charge is 2.72. The van der Waals surface area contributed by atoms with E-state index >= 15 is 0 Å². The molecular formula is C44H68N5O5+. The van der Waals surface area contributed by atoms with Crippen LogP contribution in [0, 0.1) is 62.1 Å². The van der Waals surface area contributed by atoms with Gasteiger partial charge in [-0.2, -0.15) is 5.10 Å². The largest absolute Gasteiger partial charge is 0.481 e. The van der Waals surface area contributed by atoms with Crippen LogP contribution in [-0.2, 0) is 14.3 Å². The molecule has 4 aliphatic carbocycles. The average molecular weight is 747 g/mol. The van der Waals surface area contributed by atoms with Crippen LogP contribution in [0.3, 0.4) is 0 Å². The lowest BCUT2D eigenvalue weighted by Gasteiger charge is -2.71. The molecule has 10 nitrogen and oxygen atoms in total. The second-order valence-electron chi connectivity index (χ2n) is 21.0. The van der Waals surface area contributed by atoms with Gasteiger partial charge in [-0.3, -0.25) is 10.0 Å². The third-order valence-corrected chi connectivity index (χ3v) is 17.3. The number of nitrogens with two attached hydrogens (primary N) is 1. The summed E-state index contributed by atoms with van der Waals surface area (Å²) in [6, 6.07) is 3.56. The lowest BCUT2D eigenvalue weighted by molar-refractivity contribution is -0.904. The molecule has 2 aromatic rings. The number of hydrogen-bond donors (Lipinski definition) is 3. The molecule has 3 heterocycles. The van der Waals surface area contributed by atoms with E-state index in [0.29, 0.717) is 37.6 Å². The van der Waals surface area contributed by atoms with Crippen LogP contribution in [0.5, 0.6) is 0 Å². The number of carbonyl (C=O) groups is 1. The SMILES string of the molecule is CC(C)[C@@H](C)[C@@]1(C)CC[C@]2(C)[C@H]3CC[C@@H]4[C@@]5(COC[C@]4(C)[C@@H](OC[C@](C)(N)C(C)(C)C)[C@H](n4ncnc4-c4cc[n+](O)cc4)C5)C3=CC[C@@]2(C)[C@@H]1C(=O)O. The van der Waals surface area contributed by atoms with E-state index in [2.05, 4.69) is 86.9 Å². The van der Waals surface area contributed by atoms with Crippen molar-refractivity contribution in [1.29, 1.82) is 0 Å². The predicted molar refractivity (Wildman–Crippen MR) is 207 cm³/mol. The summed E-state index contributed by atoms with van der Waals surface area (Å²) in [5.74, 6) is 0.933. The maximum absolute atomic E-state index is 13.6. The van der Waals surface area contributed by atoms with Crippen molar-refractivity contribution in [3.63, 3.8) is 0 Å². The van der Waals surface area contributed by atoms with Crippen molar-refractivity contribution in [2.75, 3.05) is 19.8 Å². The maximum Gasteiger partial charge on any atom is 0.307 e. The number of aromatic nitrogens is 4. The number of pyridine rings is 1. The van der Waals surface area contributed by atoms with E-state index in [1.807, 2.05) is 12.1 Å². The van der Waals surface area contributed by atoms with Gasteiger partial charge in [0.05, 0.1) is 37.9 Å². The van der Waals surface area contributed by atoms with Gasteiger partial charge in [0, 0.05) is 38.8 Å². The highest BCUT2D eigenvalue weighted by molar-refractivity contribution is 5.73. The van der Waals surface area contributed by atoms with Crippen molar-refractivity contribution in [3.05, 3.63) is 42.5 Å². The lowest BCUT2D eigenvalue weighted by Crippen LogP contribution is -2.69. The molecule has 1 saturated heterocycles. The fraction of sp³-hybridized carbons (Fsp3) is 0.773. The zero-order chi connectivity index (χ0) is 39.4. The third-order valence-electron chi connectivity index (χ3n) is 17.3. The van der Waals surface area contributed by atoms with Crippen LogP contribution in [0.1, 0.15) is 121 Å². The molecular weight excluding hydrogens is 679 g/mol. The maximum atomic E-state index is 13.6.